The van der Waals surface area contributed by atoms with Crippen LogP contribution in [0, 0.1) is 50.2 Å². The number of hydrogen-bond acceptors (Lipinski definition) is 31. The topological polar surface area (TPSA) is 506 Å². The number of esters is 1. The quantitative estimate of drug-likeness (QED) is 0.0300. The van der Waals surface area contributed by atoms with Crippen LogP contribution in [-0.4, -0.2) is 309 Å². The van der Waals surface area contributed by atoms with Crippen molar-refractivity contribution in [3.63, 3.8) is 0 Å². The molecule has 5 aliphatic carbocycles. The summed E-state index contributed by atoms with van der Waals surface area (Å²) in [5.41, 5.74) is -3.23. The number of aliphatic hydroxyl groups is 16. The van der Waals surface area contributed by atoms with E-state index >= 15 is 4.79 Å². The zero-order valence-corrected chi connectivity index (χ0v) is 55.6. The van der Waals surface area contributed by atoms with Crippen LogP contribution in [0.3, 0.4) is 0 Å². The van der Waals surface area contributed by atoms with E-state index in [0.717, 1.165) is 11.9 Å². The highest BCUT2D eigenvalue weighted by Crippen LogP contribution is 2.76. The monoisotopic (exact) mass is 1390 g/mol. The van der Waals surface area contributed by atoms with E-state index in [1.165, 1.54) is 13.8 Å². The first-order valence-corrected chi connectivity index (χ1v) is 34.0. The van der Waals surface area contributed by atoms with E-state index in [-0.39, 0.29) is 23.7 Å². The molecule has 32 heteroatoms. The lowest BCUT2D eigenvalue weighted by Gasteiger charge is -2.71. The Labute approximate surface area is 560 Å². The lowest BCUT2D eigenvalue weighted by molar-refractivity contribution is -0.394. The molecule has 0 radical (unpaired) electrons. The van der Waals surface area contributed by atoms with Crippen LogP contribution >= 0.6 is 0 Å². The molecule has 97 heavy (non-hydrogen) atoms. The molecule has 0 aromatic rings. The molecule has 11 rings (SSSR count). The van der Waals surface area contributed by atoms with Gasteiger partial charge in [0.2, 0.25) is 6.29 Å². The SMILES string of the molecule is C[C@@H]1O[C@H](OC(=O)[C@]23CCC(C)(C)C[C@H]2C2=CC[C@@H]4[C@@]5(C)CC[C@H](O[C@@H]6O[C@H](C(=O)O)[C@@H](O)[C@H](O)[C@H]6O[C@@H]6O[C@H](CO)[C@@H](O)[C@H](O)[C@H]6O)[C@@](C)(C=O)[C@H]5CC[C@@]4(C)[C@]2(C)CC3)[C@@H](O[C@H]2O[C@H](C)[C@@H](O[C@H]3OC[C@H](O)[C@@H](O)[C@@H]3O)[C@H](O[C@@H]3O[C@H](CO)[C@@H](O)[C@H](O)[C@H]3O)[C@@H]2O)[C@H](O)[C@@H]1O. The molecule has 4 saturated carbocycles. The highest BCUT2D eigenvalue weighted by molar-refractivity contribution is 5.79. The third-order valence-corrected chi connectivity index (χ3v) is 25.1. The Morgan fingerprint density at radius 3 is 1.67 bits per heavy atom. The van der Waals surface area contributed by atoms with Crippen LogP contribution < -0.4 is 0 Å². The molecule has 0 spiro atoms. The van der Waals surface area contributed by atoms with Crippen molar-refractivity contribution in [2.45, 2.75) is 304 Å². The average Bonchev–Trinajstić information content (AvgIpc) is 0.675. The van der Waals surface area contributed by atoms with Gasteiger partial charge < -0.3 is 148 Å². The number of fused-ring (bicyclic) bond motifs is 7. The van der Waals surface area contributed by atoms with Crippen molar-refractivity contribution >= 4 is 18.2 Å². The van der Waals surface area contributed by atoms with E-state index < -0.39 is 249 Å². The number of rotatable bonds is 16. The largest absolute Gasteiger partial charge is 0.479 e. The Hall–Kier alpha value is -2.73. The van der Waals surface area contributed by atoms with Crippen molar-refractivity contribution in [1.82, 2.24) is 0 Å². The van der Waals surface area contributed by atoms with Crippen molar-refractivity contribution < 1.29 is 158 Å². The molecule has 0 bridgehead atoms. The van der Waals surface area contributed by atoms with Gasteiger partial charge in [0.05, 0.1) is 49.0 Å². The van der Waals surface area contributed by atoms with Gasteiger partial charge in [0.15, 0.2) is 43.7 Å². The Morgan fingerprint density at radius 1 is 0.526 bits per heavy atom. The summed E-state index contributed by atoms with van der Waals surface area (Å²) in [5.74, 6) is -3.15. The third-order valence-electron chi connectivity index (χ3n) is 25.1. The Morgan fingerprint density at radius 2 is 1.07 bits per heavy atom. The van der Waals surface area contributed by atoms with Crippen LogP contribution in [0.5, 0.6) is 0 Å². The fourth-order valence-electron chi connectivity index (χ4n) is 18.9. The zero-order valence-electron chi connectivity index (χ0n) is 55.6. The van der Waals surface area contributed by atoms with Gasteiger partial charge in [0, 0.05) is 0 Å². The van der Waals surface area contributed by atoms with E-state index in [1.807, 2.05) is 0 Å². The van der Waals surface area contributed by atoms with Gasteiger partial charge in [-0.1, -0.05) is 53.2 Å². The normalized spacial score (nSPS) is 54.6. The zero-order chi connectivity index (χ0) is 70.9. The van der Waals surface area contributed by atoms with Crippen LogP contribution in [0.15, 0.2) is 11.6 Å². The second kappa shape index (κ2) is 28.0. The number of carboxylic acids is 1. The van der Waals surface area contributed by atoms with E-state index in [0.29, 0.717) is 57.8 Å². The van der Waals surface area contributed by atoms with Gasteiger partial charge in [-0.25, -0.2) is 4.79 Å². The summed E-state index contributed by atoms with van der Waals surface area (Å²) in [6.45, 7) is 13.5. The van der Waals surface area contributed by atoms with Gasteiger partial charge in [-0.3, -0.25) is 4.79 Å². The van der Waals surface area contributed by atoms with Crippen molar-refractivity contribution in [3.05, 3.63) is 11.6 Å². The van der Waals surface area contributed by atoms with E-state index in [4.69, 9.17) is 56.8 Å². The number of aliphatic hydroxyl groups excluding tert-OH is 16. The third kappa shape index (κ3) is 12.8. The summed E-state index contributed by atoms with van der Waals surface area (Å²) in [6, 6.07) is 0. The first kappa shape index (κ1) is 75.4. The predicted octanol–water partition coefficient (Wildman–Crippen LogP) is -4.42. The molecule has 0 aromatic heterocycles. The van der Waals surface area contributed by atoms with Gasteiger partial charge in [0.1, 0.15) is 122 Å². The number of carbonyl (C=O) groups excluding carboxylic acids is 2. The summed E-state index contributed by atoms with van der Waals surface area (Å²) in [4.78, 5) is 42.2. The molecule has 6 heterocycles. The summed E-state index contributed by atoms with van der Waals surface area (Å²) in [7, 11) is 0. The van der Waals surface area contributed by atoms with E-state index in [9.17, 15) is 96.4 Å². The van der Waals surface area contributed by atoms with Gasteiger partial charge in [-0.15, -0.1) is 0 Å². The minimum Gasteiger partial charge on any atom is -0.479 e. The van der Waals surface area contributed by atoms with Crippen LogP contribution in [0.1, 0.15) is 120 Å². The second-order valence-electron chi connectivity index (χ2n) is 31.1. The van der Waals surface area contributed by atoms with Gasteiger partial charge in [-0.2, -0.15) is 0 Å². The Balaban J connectivity index is 0.843. The molecular formula is C65H102O32. The number of hydrogen-bond donors (Lipinski definition) is 17. The van der Waals surface area contributed by atoms with E-state index in [1.54, 1.807) is 6.92 Å². The van der Waals surface area contributed by atoms with Crippen LogP contribution in [-0.2, 0) is 71.2 Å². The number of carboxylic acid groups (broad SMARTS) is 1. The average molecular weight is 1400 g/mol. The van der Waals surface area contributed by atoms with Gasteiger partial charge in [-0.05, 0) is 117 Å². The fourth-order valence-corrected chi connectivity index (χ4v) is 18.9. The molecule has 6 aliphatic heterocycles. The first-order valence-electron chi connectivity index (χ1n) is 34.0. The number of carbonyl (C=O) groups is 3. The maximum atomic E-state index is 15.8. The number of aldehydes is 1. The van der Waals surface area contributed by atoms with Crippen LogP contribution in [0.4, 0.5) is 0 Å². The molecule has 10 fully saturated rings. The number of allylic oxidation sites excluding steroid dienone is 2. The molecule has 38 atom stereocenters. The smallest absolute Gasteiger partial charge is 0.335 e. The molecule has 11 aliphatic rings. The standard InChI is InChI=1S/C65H102O32/c1-24-34(70)40(76)50(96-56-46(82)48(93-54-44(80)38(74)36(72)29(20-66)89-54)47(25(2)88-56)92-53-43(79)35(71)28(69)22-86-53)57(87-24)97-59(85)65-17-15-60(3,4)19-27(65)26-9-10-32-61(5)13-12-33(62(6,23-68)31(61)11-14-64(32,8)63(26,7)16-18-65)91-58-51(42(78)41(77)49(94-58)52(83)84)95-55-45(81)39(75)37(73)30(21-67)90-55/h9,23-25,27-51,53-58,66-67,69-82H,10-22H2,1-8H3,(H,83,84)/t24-,25+,27-,28-,29+,30+,31-,32+,33-,34+,35+,36+,37+,38-,39-,40+,41-,42-,43-,44+,45+,46-,47+,48+,49-,50-,51+,53+,54-,55-,56+,57+,58+,61-,62-,63+,64+,65-/m0/s1. The van der Waals surface area contributed by atoms with E-state index in [2.05, 4.69) is 40.7 Å². The molecule has 0 unspecified atom stereocenters. The Bertz CT molecular complexity index is 2820. The summed E-state index contributed by atoms with van der Waals surface area (Å²) < 4.78 is 72.5. The lowest BCUT2D eigenvalue weighted by atomic mass is 9.33. The predicted molar refractivity (Wildman–Crippen MR) is 320 cm³/mol. The summed E-state index contributed by atoms with van der Waals surface area (Å²) in [6.07, 6.45) is -44.7. The maximum Gasteiger partial charge on any atom is 0.335 e. The van der Waals surface area contributed by atoms with Crippen LogP contribution in [0.2, 0.25) is 0 Å². The number of aliphatic carboxylic acids is 1. The van der Waals surface area contributed by atoms with Crippen molar-refractivity contribution in [2.24, 2.45) is 50.2 Å². The highest BCUT2D eigenvalue weighted by Gasteiger charge is 2.71. The first-order chi connectivity index (χ1) is 45.5. The molecular weight excluding hydrogens is 1290 g/mol. The molecule has 6 saturated heterocycles. The maximum absolute atomic E-state index is 15.8. The highest BCUT2D eigenvalue weighted by atomic mass is 16.8. The fraction of sp³-hybridized carbons (Fsp3) is 0.923. The van der Waals surface area contributed by atoms with Crippen LogP contribution in [0.25, 0.3) is 0 Å². The molecule has 0 amide bonds. The van der Waals surface area contributed by atoms with Crippen molar-refractivity contribution in [1.29, 1.82) is 0 Å². The second-order valence-corrected chi connectivity index (χ2v) is 31.1. The van der Waals surface area contributed by atoms with Gasteiger partial charge in [0.25, 0.3) is 0 Å². The molecule has 554 valence electrons. The summed E-state index contributed by atoms with van der Waals surface area (Å²) >= 11 is 0. The molecule has 0 aromatic carbocycles. The molecule has 17 N–H and O–H groups in total. The van der Waals surface area contributed by atoms with Crippen molar-refractivity contribution in [3.8, 4) is 0 Å². The number of ether oxygens (including phenoxy) is 12. The van der Waals surface area contributed by atoms with Crippen molar-refractivity contribution in [2.75, 3.05) is 19.8 Å². The molecule has 32 nitrogen and oxygen atoms in total. The summed E-state index contributed by atoms with van der Waals surface area (Å²) in [5, 5.41) is 184. The minimum absolute atomic E-state index is 0.0634. The minimum atomic E-state index is -2.10. The lowest BCUT2D eigenvalue weighted by Crippen LogP contribution is -2.68. The van der Waals surface area contributed by atoms with Gasteiger partial charge >= 0.3 is 11.9 Å². The Kier molecular flexibility index (Phi) is 21.8.